The molecule has 0 bridgehead atoms. The lowest BCUT2D eigenvalue weighted by Gasteiger charge is -2.03. The summed E-state index contributed by atoms with van der Waals surface area (Å²) in [6.45, 7) is 0. The molecule has 0 radical (unpaired) electrons. The van der Waals surface area contributed by atoms with Crippen LogP contribution in [0.5, 0.6) is 0 Å². The Labute approximate surface area is 113 Å². The number of nitrogens with two attached hydrogens (primary N) is 1. The molecule has 92 valence electrons. The van der Waals surface area contributed by atoms with Gasteiger partial charge in [0.1, 0.15) is 11.5 Å². The molecule has 0 fully saturated rings. The van der Waals surface area contributed by atoms with Crippen molar-refractivity contribution in [2.75, 3.05) is 0 Å². The quantitative estimate of drug-likeness (QED) is 0.690. The largest absolute Gasteiger partial charge is 0.253 e. The van der Waals surface area contributed by atoms with E-state index in [4.69, 9.17) is 5.14 Å². The Morgan fingerprint density at radius 1 is 1.28 bits per heavy atom. The maximum atomic E-state index is 13.4. The Balaban J connectivity index is 2.08. The van der Waals surface area contributed by atoms with Gasteiger partial charge < -0.3 is 0 Å². The van der Waals surface area contributed by atoms with Crippen LogP contribution in [0.3, 0.4) is 0 Å². The molecule has 0 spiro atoms. The van der Waals surface area contributed by atoms with Gasteiger partial charge in [-0.05, 0) is 40.3 Å². The summed E-state index contributed by atoms with van der Waals surface area (Å²) >= 11 is 2.56. The Kier molecular flexibility index (Phi) is 4.73. The molecule has 2 nitrogen and oxygen atoms in total. The number of pyridine rings is 1. The second-order valence-corrected chi connectivity index (χ2v) is 4.97. The zero-order valence-corrected chi connectivity index (χ0v) is 11.1. The summed E-state index contributed by atoms with van der Waals surface area (Å²) in [4.78, 5) is 5.12. The molecule has 2 rings (SSSR count). The molecule has 1 aromatic heterocycles. The molecule has 2 aromatic rings. The van der Waals surface area contributed by atoms with Crippen LogP contribution in [-0.2, 0) is 5.75 Å². The highest BCUT2D eigenvalue weighted by Gasteiger charge is 2.02. The molecular formula is C13H11FN2S2. The normalized spacial score (nSPS) is 9.89. The second kappa shape index (κ2) is 6.52. The summed E-state index contributed by atoms with van der Waals surface area (Å²) in [6, 6.07) is 10.6. The van der Waals surface area contributed by atoms with Crippen molar-refractivity contribution in [2.24, 2.45) is 5.14 Å². The molecule has 0 unspecified atom stereocenters. The van der Waals surface area contributed by atoms with Gasteiger partial charge in [0.15, 0.2) is 0 Å². The van der Waals surface area contributed by atoms with E-state index >= 15 is 0 Å². The number of nitrogens with zero attached hydrogens (tertiary/aromatic N) is 1. The van der Waals surface area contributed by atoms with E-state index in [1.54, 1.807) is 30.1 Å². The van der Waals surface area contributed by atoms with E-state index in [-0.39, 0.29) is 5.82 Å². The molecule has 1 heterocycles. The number of benzene rings is 1. The third-order valence-electron chi connectivity index (χ3n) is 2.25. The van der Waals surface area contributed by atoms with Crippen molar-refractivity contribution in [3.63, 3.8) is 0 Å². The van der Waals surface area contributed by atoms with E-state index in [0.29, 0.717) is 17.0 Å². The maximum absolute atomic E-state index is 13.4. The van der Waals surface area contributed by atoms with Crippen LogP contribution in [0, 0.1) is 11.0 Å². The van der Waals surface area contributed by atoms with Gasteiger partial charge in [0.25, 0.3) is 0 Å². The molecule has 5 heteroatoms. The number of hydrogen-bond acceptors (Lipinski definition) is 3. The number of halogens is 1. The summed E-state index contributed by atoms with van der Waals surface area (Å²) in [5.74, 6) is 0.418. The van der Waals surface area contributed by atoms with E-state index in [0.717, 1.165) is 16.3 Å². The third-order valence-corrected chi connectivity index (χ3v) is 3.62. The van der Waals surface area contributed by atoms with Gasteiger partial charge in [-0.25, -0.2) is 9.37 Å². The predicted molar refractivity (Wildman–Crippen MR) is 75.0 cm³/mol. The van der Waals surface area contributed by atoms with Crippen molar-refractivity contribution < 1.29 is 4.39 Å². The lowest BCUT2D eigenvalue weighted by Crippen LogP contribution is -1.87. The van der Waals surface area contributed by atoms with Crippen LogP contribution in [-0.4, -0.2) is 4.98 Å². The Morgan fingerprint density at radius 2 is 2.11 bits per heavy atom. The van der Waals surface area contributed by atoms with Crippen molar-refractivity contribution >= 4 is 23.1 Å². The summed E-state index contributed by atoms with van der Waals surface area (Å²) in [5, 5.41) is 8.16. The van der Waals surface area contributed by atoms with Crippen LogP contribution in [0.2, 0.25) is 0 Å². The number of aromatic nitrogens is 1. The lowest BCUT2D eigenvalue weighted by atomic mass is 10.2. The van der Waals surface area contributed by atoms with Gasteiger partial charge >= 0.3 is 0 Å². The fraction of sp³-hybridized carbons (Fsp3) is 0.0769. The number of thioether (sulfide) groups is 1. The highest BCUT2D eigenvalue weighted by Crippen LogP contribution is 2.23. The molecule has 0 aliphatic rings. The summed E-state index contributed by atoms with van der Waals surface area (Å²) in [6.07, 6.45) is 1.70. The Bertz CT molecular complexity index is 605. The van der Waals surface area contributed by atoms with Crippen LogP contribution in [0.1, 0.15) is 11.3 Å². The zero-order valence-electron chi connectivity index (χ0n) is 9.47. The molecule has 0 amide bonds. The van der Waals surface area contributed by atoms with Gasteiger partial charge in [0.2, 0.25) is 0 Å². The minimum absolute atomic E-state index is 0.171. The smallest absolute Gasteiger partial charge is 0.127 e. The van der Waals surface area contributed by atoms with Crippen LogP contribution in [0.25, 0.3) is 0 Å². The van der Waals surface area contributed by atoms with E-state index < -0.39 is 0 Å². The molecule has 1 aromatic carbocycles. The Hall–Kier alpha value is -1.39. The molecule has 0 saturated carbocycles. The average molecular weight is 278 g/mol. The molecule has 0 aliphatic carbocycles. The van der Waals surface area contributed by atoms with Crippen molar-refractivity contribution in [3.05, 3.63) is 59.7 Å². The summed E-state index contributed by atoms with van der Waals surface area (Å²) in [7, 11) is 0. The first kappa shape index (κ1) is 13.1. The summed E-state index contributed by atoms with van der Waals surface area (Å²) < 4.78 is 13.4. The van der Waals surface area contributed by atoms with Crippen molar-refractivity contribution in [3.8, 4) is 5.18 Å². The molecule has 0 aliphatic heterocycles. The van der Waals surface area contributed by atoms with E-state index in [1.807, 2.05) is 18.2 Å². The van der Waals surface area contributed by atoms with Crippen LogP contribution in [0.4, 0.5) is 4.39 Å². The zero-order chi connectivity index (χ0) is 12.8. The van der Waals surface area contributed by atoms with E-state index in [2.05, 4.69) is 10.2 Å². The molecule has 0 saturated heterocycles. The third kappa shape index (κ3) is 3.55. The van der Waals surface area contributed by atoms with Gasteiger partial charge in [-0.2, -0.15) is 0 Å². The monoisotopic (exact) mass is 278 g/mol. The van der Waals surface area contributed by atoms with Crippen molar-refractivity contribution in [1.82, 2.24) is 4.98 Å². The van der Waals surface area contributed by atoms with Gasteiger partial charge in [-0.15, -0.1) is 11.8 Å². The fourth-order valence-corrected chi connectivity index (χ4v) is 2.53. The van der Waals surface area contributed by atoms with E-state index in [1.165, 1.54) is 6.07 Å². The first-order valence-corrected chi connectivity index (χ1v) is 7.10. The van der Waals surface area contributed by atoms with Crippen molar-refractivity contribution in [1.29, 1.82) is 0 Å². The summed E-state index contributed by atoms with van der Waals surface area (Å²) in [5.41, 5.74) is 1.39. The fourth-order valence-electron chi connectivity index (χ4n) is 1.39. The topological polar surface area (TPSA) is 38.9 Å². The highest BCUT2D eigenvalue weighted by molar-refractivity contribution is 7.98. The second-order valence-electron chi connectivity index (χ2n) is 3.48. The highest BCUT2D eigenvalue weighted by atomic mass is 32.2. The Morgan fingerprint density at radius 3 is 2.89 bits per heavy atom. The first-order chi connectivity index (χ1) is 8.79. The van der Waals surface area contributed by atoms with Crippen LogP contribution in [0.15, 0.2) is 47.5 Å². The van der Waals surface area contributed by atoms with Gasteiger partial charge in [0, 0.05) is 16.8 Å². The van der Waals surface area contributed by atoms with Gasteiger partial charge in [-0.3, -0.25) is 5.14 Å². The number of hydrogen-bond donors (Lipinski definition) is 1. The van der Waals surface area contributed by atoms with Crippen LogP contribution >= 0.6 is 23.1 Å². The minimum Gasteiger partial charge on any atom is -0.253 e. The average Bonchev–Trinajstić information content (AvgIpc) is 2.39. The van der Waals surface area contributed by atoms with Gasteiger partial charge in [0.05, 0.1) is 0 Å². The van der Waals surface area contributed by atoms with Crippen LogP contribution < -0.4 is 5.14 Å². The SMILES string of the molecule is NS#Cc1cc(SCc2ccccc2F)ccn1. The molecule has 18 heavy (non-hydrogen) atoms. The first-order valence-electron chi connectivity index (χ1n) is 5.23. The maximum Gasteiger partial charge on any atom is 0.127 e. The predicted octanol–water partition coefficient (Wildman–Crippen LogP) is 3.43. The van der Waals surface area contributed by atoms with E-state index in [9.17, 15) is 4.39 Å². The lowest BCUT2D eigenvalue weighted by molar-refractivity contribution is 0.617. The molecule has 2 N–H and O–H groups in total. The van der Waals surface area contributed by atoms with Gasteiger partial charge in [-0.1, -0.05) is 18.2 Å². The molecular weight excluding hydrogens is 267 g/mol. The van der Waals surface area contributed by atoms with Crippen molar-refractivity contribution in [2.45, 2.75) is 10.6 Å². The molecule has 0 atom stereocenters. The minimum atomic E-state index is -0.171. The standard InChI is InChI=1S/C13H11FN2S2/c14-13-4-2-1-3-10(13)8-17-12-5-6-16-11(7-12)9-18-15/h1-7H,8,15H2. The number of rotatable bonds is 3.